The molecule has 6 heteroatoms. The van der Waals surface area contributed by atoms with Crippen LogP contribution < -0.4 is 4.74 Å². The molecule has 1 N–H and O–H groups in total. The molecule has 6 nitrogen and oxygen atoms in total. The molecule has 1 aromatic rings. The summed E-state index contributed by atoms with van der Waals surface area (Å²) in [5.41, 5.74) is 2.14. The Kier molecular flexibility index (Phi) is 4.56. The summed E-state index contributed by atoms with van der Waals surface area (Å²) >= 11 is 0. The van der Waals surface area contributed by atoms with Crippen LogP contribution in [0.2, 0.25) is 0 Å². The number of hydrazine groups is 1. The third-order valence-corrected chi connectivity index (χ3v) is 5.12. The van der Waals surface area contributed by atoms with Crippen LogP contribution in [-0.2, 0) is 9.59 Å². The number of carbonyl (C=O) groups is 2. The number of ether oxygens (including phenoxy) is 1. The second-order valence-corrected chi connectivity index (χ2v) is 8.04. The monoisotopic (exact) mass is 358 g/mol. The van der Waals surface area contributed by atoms with Crippen molar-refractivity contribution in [1.29, 1.82) is 0 Å². The van der Waals surface area contributed by atoms with Gasteiger partial charge in [0.05, 0.1) is 7.11 Å². The average Bonchev–Trinajstić information content (AvgIpc) is 2.52. The Morgan fingerprint density at radius 2 is 1.92 bits per heavy atom. The number of nitrogens with zero attached hydrogens (tertiary/aromatic N) is 2. The molecule has 0 saturated heterocycles. The molecule has 0 unspecified atom stereocenters. The van der Waals surface area contributed by atoms with E-state index in [1.807, 2.05) is 14.1 Å². The fourth-order valence-electron chi connectivity index (χ4n) is 4.06. The molecule has 0 radical (unpaired) electrons. The number of phenols is 1. The maximum absolute atomic E-state index is 13.0. The van der Waals surface area contributed by atoms with Gasteiger partial charge in [-0.1, -0.05) is 19.9 Å². The van der Waals surface area contributed by atoms with Gasteiger partial charge < -0.3 is 9.84 Å². The summed E-state index contributed by atoms with van der Waals surface area (Å²) in [5, 5.41) is 13.3. The molecule has 0 saturated carbocycles. The molecule has 140 valence electrons. The van der Waals surface area contributed by atoms with E-state index in [9.17, 15) is 14.7 Å². The van der Waals surface area contributed by atoms with Crippen LogP contribution in [0.25, 0.3) is 0 Å². The first-order valence-electron chi connectivity index (χ1n) is 8.78. The van der Waals surface area contributed by atoms with Gasteiger partial charge in [-0.25, -0.2) is 10.0 Å². The lowest BCUT2D eigenvalue weighted by molar-refractivity contribution is -0.143. The highest BCUT2D eigenvalue weighted by molar-refractivity contribution is 6.02. The van der Waals surface area contributed by atoms with E-state index in [0.717, 1.165) is 11.3 Å². The van der Waals surface area contributed by atoms with Gasteiger partial charge in [0.1, 0.15) is 0 Å². The highest BCUT2D eigenvalue weighted by atomic mass is 16.5. The van der Waals surface area contributed by atoms with Crippen molar-refractivity contribution < 1.29 is 19.4 Å². The van der Waals surface area contributed by atoms with Crippen molar-refractivity contribution in [3.8, 4) is 11.5 Å². The van der Waals surface area contributed by atoms with Crippen molar-refractivity contribution in [2.24, 2.45) is 5.41 Å². The van der Waals surface area contributed by atoms with Crippen molar-refractivity contribution >= 4 is 11.7 Å². The summed E-state index contributed by atoms with van der Waals surface area (Å²) in [6.45, 7) is 4.11. The van der Waals surface area contributed by atoms with Crippen molar-refractivity contribution in [3.63, 3.8) is 0 Å². The SMILES string of the molecule is COc1cc([C@H]2CC(=O)N(N(C)C)C3=C2C(=O)CC(C)(C)C3)ccc1O. The predicted molar refractivity (Wildman–Crippen MR) is 97.6 cm³/mol. The largest absolute Gasteiger partial charge is 0.504 e. The lowest BCUT2D eigenvalue weighted by Gasteiger charge is -2.44. The van der Waals surface area contributed by atoms with Gasteiger partial charge in [-0.05, 0) is 29.5 Å². The van der Waals surface area contributed by atoms with Crippen LogP contribution in [0, 0.1) is 5.41 Å². The molecule has 1 amide bonds. The smallest absolute Gasteiger partial charge is 0.242 e. The molecule has 1 aliphatic heterocycles. The fraction of sp³-hybridized carbons (Fsp3) is 0.500. The van der Waals surface area contributed by atoms with E-state index < -0.39 is 0 Å². The van der Waals surface area contributed by atoms with E-state index in [1.165, 1.54) is 7.11 Å². The average molecular weight is 358 g/mol. The van der Waals surface area contributed by atoms with Gasteiger partial charge in [-0.15, -0.1) is 0 Å². The summed E-state index contributed by atoms with van der Waals surface area (Å²) in [4.78, 5) is 25.9. The number of carbonyl (C=O) groups excluding carboxylic acids is 2. The van der Waals surface area contributed by atoms with E-state index in [4.69, 9.17) is 4.74 Å². The molecule has 1 aromatic carbocycles. The molecule has 0 spiro atoms. The quantitative estimate of drug-likeness (QED) is 0.900. The van der Waals surface area contributed by atoms with E-state index in [1.54, 1.807) is 28.2 Å². The number of aromatic hydroxyl groups is 1. The molecular formula is C20H26N2O4. The van der Waals surface area contributed by atoms with Gasteiger partial charge in [-0.3, -0.25) is 9.59 Å². The molecule has 1 heterocycles. The molecule has 1 aliphatic carbocycles. The van der Waals surface area contributed by atoms with Crippen LogP contribution in [0.4, 0.5) is 0 Å². The Bertz CT molecular complexity index is 795. The third kappa shape index (κ3) is 3.09. The van der Waals surface area contributed by atoms with Gasteiger partial charge >= 0.3 is 0 Å². The Balaban J connectivity index is 2.16. The number of rotatable bonds is 3. The number of amides is 1. The maximum Gasteiger partial charge on any atom is 0.242 e. The Morgan fingerprint density at radius 1 is 1.23 bits per heavy atom. The summed E-state index contributed by atoms with van der Waals surface area (Å²) < 4.78 is 5.20. The van der Waals surface area contributed by atoms with Gasteiger partial charge in [0.15, 0.2) is 17.3 Å². The fourth-order valence-corrected chi connectivity index (χ4v) is 4.06. The second-order valence-electron chi connectivity index (χ2n) is 8.04. The maximum atomic E-state index is 13.0. The van der Waals surface area contributed by atoms with Crippen molar-refractivity contribution in [3.05, 3.63) is 35.0 Å². The molecular weight excluding hydrogens is 332 g/mol. The Hall–Kier alpha value is -2.34. The van der Waals surface area contributed by atoms with Crippen LogP contribution in [0.5, 0.6) is 11.5 Å². The lowest BCUT2D eigenvalue weighted by Crippen LogP contribution is -2.49. The van der Waals surface area contributed by atoms with Gasteiger partial charge in [0.25, 0.3) is 0 Å². The zero-order valence-corrected chi connectivity index (χ0v) is 16.0. The zero-order chi connectivity index (χ0) is 19.2. The van der Waals surface area contributed by atoms with E-state index in [2.05, 4.69) is 13.8 Å². The topological polar surface area (TPSA) is 70.1 Å². The third-order valence-electron chi connectivity index (χ3n) is 5.12. The first kappa shape index (κ1) is 18.5. The van der Waals surface area contributed by atoms with Gasteiger partial charge in [0, 0.05) is 44.1 Å². The minimum Gasteiger partial charge on any atom is -0.504 e. The standard InChI is InChI=1S/C20H26N2O4/c1-20(2)10-14-19(16(24)11-20)13(9-18(25)22(14)21(3)4)12-6-7-15(23)17(8-12)26-5/h6-8,13,23H,9-11H2,1-5H3/t13-/m1/s1. The molecule has 0 aromatic heterocycles. The number of ketones is 1. The van der Waals surface area contributed by atoms with Crippen molar-refractivity contribution in [2.75, 3.05) is 21.2 Å². The molecule has 0 bridgehead atoms. The van der Waals surface area contributed by atoms with E-state index >= 15 is 0 Å². The summed E-state index contributed by atoms with van der Waals surface area (Å²) in [6, 6.07) is 5.03. The Morgan fingerprint density at radius 3 is 2.54 bits per heavy atom. The molecule has 3 rings (SSSR count). The Labute approximate surface area is 154 Å². The summed E-state index contributed by atoms with van der Waals surface area (Å²) in [7, 11) is 5.12. The van der Waals surface area contributed by atoms with E-state index in [0.29, 0.717) is 24.2 Å². The predicted octanol–water partition coefficient (Wildman–Crippen LogP) is 2.84. The van der Waals surface area contributed by atoms with Crippen LogP contribution >= 0.6 is 0 Å². The highest BCUT2D eigenvalue weighted by Crippen LogP contribution is 2.47. The minimum absolute atomic E-state index is 0.0312. The number of allylic oxidation sites excluding steroid dienone is 2. The molecule has 26 heavy (non-hydrogen) atoms. The van der Waals surface area contributed by atoms with Crippen LogP contribution in [-0.4, -0.2) is 48.0 Å². The number of benzene rings is 1. The number of phenolic OH excluding ortho intramolecular Hbond substituents is 1. The van der Waals surface area contributed by atoms with Crippen molar-refractivity contribution in [1.82, 2.24) is 10.0 Å². The van der Waals surface area contributed by atoms with Gasteiger partial charge in [-0.2, -0.15) is 0 Å². The first-order valence-corrected chi connectivity index (χ1v) is 8.78. The lowest BCUT2D eigenvalue weighted by atomic mass is 9.69. The number of hydrogen-bond donors (Lipinski definition) is 1. The number of hydrogen-bond acceptors (Lipinski definition) is 5. The minimum atomic E-state index is -0.313. The zero-order valence-electron chi connectivity index (χ0n) is 16.0. The van der Waals surface area contributed by atoms with Crippen LogP contribution in [0.15, 0.2) is 29.5 Å². The molecule has 0 fully saturated rings. The normalized spacial score (nSPS) is 22.7. The highest BCUT2D eigenvalue weighted by Gasteiger charge is 2.44. The molecule has 2 aliphatic rings. The van der Waals surface area contributed by atoms with Crippen molar-refractivity contribution in [2.45, 2.75) is 39.0 Å². The van der Waals surface area contributed by atoms with Gasteiger partial charge in [0.2, 0.25) is 5.91 Å². The number of Topliss-reactive ketones (excluding diaryl/α,β-unsaturated/α-hetero) is 1. The van der Waals surface area contributed by atoms with Crippen LogP contribution in [0.3, 0.4) is 0 Å². The summed E-state index contributed by atoms with van der Waals surface area (Å²) in [5.74, 6) is 0.130. The second kappa shape index (κ2) is 6.43. The molecule has 1 atom stereocenters. The first-order chi connectivity index (χ1) is 12.1. The number of methoxy groups -OCH3 is 1. The van der Waals surface area contributed by atoms with Crippen LogP contribution in [0.1, 0.15) is 44.6 Å². The summed E-state index contributed by atoms with van der Waals surface area (Å²) in [6.07, 6.45) is 1.35. The van der Waals surface area contributed by atoms with E-state index in [-0.39, 0.29) is 35.2 Å².